The second-order valence-corrected chi connectivity index (χ2v) is 14.1. The van der Waals surface area contributed by atoms with Crippen LogP contribution in [-0.4, -0.2) is 56.1 Å². The highest BCUT2D eigenvalue weighted by Crippen LogP contribution is 2.35. The fraction of sp³-hybridized carbons (Fsp3) is 0.146. The van der Waals surface area contributed by atoms with Crippen LogP contribution < -0.4 is 26.2 Å². The zero-order chi connectivity index (χ0) is 38.6. The van der Waals surface area contributed by atoms with Crippen molar-refractivity contribution in [1.29, 1.82) is 0 Å². The van der Waals surface area contributed by atoms with Crippen LogP contribution in [0.5, 0.6) is 0 Å². The molecule has 0 saturated carbocycles. The number of hydrogen-bond acceptors (Lipinski definition) is 9. The summed E-state index contributed by atoms with van der Waals surface area (Å²) in [6.45, 7) is 3.44. The molecule has 4 amide bonds. The van der Waals surface area contributed by atoms with Gasteiger partial charge in [0, 0.05) is 41.6 Å². The third kappa shape index (κ3) is 10.5. The Balaban J connectivity index is 1.28. The molecule has 0 unspecified atom stereocenters. The van der Waals surface area contributed by atoms with E-state index in [1.165, 1.54) is 11.8 Å². The molecule has 4 N–H and O–H groups in total. The number of thioether (sulfide) groups is 1. The number of para-hydroxylation sites is 1. The molecule has 5 aromatic rings. The Morgan fingerprint density at radius 3 is 2.11 bits per heavy atom. The van der Waals surface area contributed by atoms with Gasteiger partial charge in [-0.1, -0.05) is 54.6 Å². The molecular weight excluding hydrogens is 723 g/mol. The molecule has 0 bridgehead atoms. The van der Waals surface area contributed by atoms with Crippen LogP contribution in [0.2, 0.25) is 0 Å². The molecule has 1 heterocycles. The summed E-state index contributed by atoms with van der Waals surface area (Å²) in [5.74, 6) is -2.48. The van der Waals surface area contributed by atoms with Crippen molar-refractivity contribution < 1.29 is 28.7 Å². The van der Waals surface area contributed by atoms with Crippen LogP contribution in [0.15, 0.2) is 120 Å². The quantitative estimate of drug-likeness (QED) is 0.0512. The van der Waals surface area contributed by atoms with Gasteiger partial charge in [-0.2, -0.15) is 0 Å². The molecule has 276 valence electrons. The van der Waals surface area contributed by atoms with Crippen molar-refractivity contribution in [2.24, 2.45) is 0 Å². The lowest BCUT2D eigenvalue weighted by Gasteiger charge is -2.14. The Morgan fingerprint density at radius 2 is 1.44 bits per heavy atom. The molecule has 0 spiro atoms. The highest BCUT2D eigenvalue weighted by atomic mass is 32.2. The van der Waals surface area contributed by atoms with Crippen molar-refractivity contribution in [2.75, 3.05) is 47.3 Å². The summed E-state index contributed by atoms with van der Waals surface area (Å²) in [6, 6.07) is 32.0. The third-order valence-corrected chi connectivity index (χ3v) is 10.0. The lowest BCUT2D eigenvalue weighted by Crippen LogP contribution is -2.30. The molecule has 0 saturated heterocycles. The summed E-state index contributed by atoms with van der Waals surface area (Å²) in [5.41, 5.74) is 3.69. The summed E-state index contributed by atoms with van der Waals surface area (Å²) in [5, 5.41) is 11.4. The standard InChI is InChI=1S/C41H39N5O6S2/c1-5-52-41(51)35-26(2)36(39(50)42-29-15-10-7-11-16-29)54-40(35)45-34(47)25-53-32-18-12-17-30(24-32)43-38(49)33(44-37(48)28-13-8-6-9-14-28)23-27-19-21-31(22-20-27)46(3)4/h6-24H,5,25H2,1-4H3,(H,42,50)(H,43,49)(H,44,48)(H,45,47)/b33-23+. The maximum Gasteiger partial charge on any atom is 0.341 e. The van der Waals surface area contributed by atoms with E-state index in [4.69, 9.17) is 4.74 Å². The summed E-state index contributed by atoms with van der Waals surface area (Å²) >= 11 is 2.21. The number of rotatable bonds is 14. The topological polar surface area (TPSA) is 146 Å². The largest absolute Gasteiger partial charge is 0.462 e. The SMILES string of the molecule is CCOC(=O)c1c(NC(=O)CSc2cccc(NC(=O)/C(=C\c3ccc(N(C)C)cc3)NC(=O)c3ccccc3)c2)sc(C(=O)Nc2ccccc2)c1C. The number of esters is 1. The number of thiophene rings is 1. The molecule has 0 fully saturated rings. The average molecular weight is 762 g/mol. The monoisotopic (exact) mass is 761 g/mol. The van der Waals surface area contributed by atoms with Crippen LogP contribution in [0.25, 0.3) is 6.08 Å². The molecular formula is C41H39N5O6S2. The first-order valence-electron chi connectivity index (χ1n) is 16.9. The molecule has 11 nitrogen and oxygen atoms in total. The Hall–Kier alpha value is -6.18. The van der Waals surface area contributed by atoms with Crippen molar-refractivity contribution in [3.05, 3.63) is 142 Å². The van der Waals surface area contributed by atoms with Gasteiger partial charge in [-0.15, -0.1) is 23.1 Å². The van der Waals surface area contributed by atoms with Gasteiger partial charge in [0.1, 0.15) is 10.7 Å². The third-order valence-electron chi connectivity index (χ3n) is 7.83. The molecule has 13 heteroatoms. The minimum atomic E-state index is -0.643. The summed E-state index contributed by atoms with van der Waals surface area (Å²) < 4.78 is 5.24. The zero-order valence-electron chi connectivity index (χ0n) is 30.1. The van der Waals surface area contributed by atoms with Gasteiger partial charge in [-0.25, -0.2) is 4.79 Å². The number of carbonyl (C=O) groups excluding carboxylic acids is 5. The Morgan fingerprint density at radius 1 is 0.778 bits per heavy atom. The van der Waals surface area contributed by atoms with Gasteiger partial charge in [-0.3, -0.25) is 19.2 Å². The van der Waals surface area contributed by atoms with Crippen molar-refractivity contribution in [3.63, 3.8) is 0 Å². The molecule has 0 aliphatic rings. The number of carbonyl (C=O) groups is 5. The van der Waals surface area contributed by atoms with Crippen LogP contribution in [0, 0.1) is 6.92 Å². The summed E-state index contributed by atoms with van der Waals surface area (Å²) in [7, 11) is 3.86. The average Bonchev–Trinajstić information content (AvgIpc) is 3.50. The lowest BCUT2D eigenvalue weighted by atomic mass is 10.1. The van der Waals surface area contributed by atoms with Crippen molar-refractivity contribution in [2.45, 2.75) is 18.7 Å². The van der Waals surface area contributed by atoms with E-state index in [0.29, 0.717) is 33.0 Å². The fourth-order valence-corrected chi connectivity index (χ4v) is 6.99. The first-order chi connectivity index (χ1) is 26.0. The van der Waals surface area contributed by atoms with Gasteiger partial charge in [0.15, 0.2) is 0 Å². The first-order valence-corrected chi connectivity index (χ1v) is 18.7. The van der Waals surface area contributed by atoms with Gasteiger partial charge in [-0.05, 0) is 85.6 Å². The van der Waals surface area contributed by atoms with E-state index in [0.717, 1.165) is 17.0 Å². The fourth-order valence-electron chi connectivity index (χ4n) is 5.13. The molecule has 0 atom stereocenters. The maximum absolute atomic E-state index is 13.6. The second-order valence-electron chi connectivity index (χ2n) is 12.0. The van der Waals surface area contributed by atoms with Gasteiger partial charge in [0.05, 0.1) is 22.8 Å². The predicted octanol–water partition coefficient (Wildman–Crippen LogP) is 7.69. The van der Waals surface area contributed by atoms with Gasteiger partial charge in [0.25, 0.3) is 17.7 Å². The van der Waals surface area contributed by atoms with Crippen molar-refractivity contribution >= 4 is 80.8 Å². The van der Waals surface area contributed by atoms with Crippen LogP contribution in [-0.2, 0) is 14.3 Å². The van der Waals surface area contributed by atoms with E-state index in [-0.39, 0.29) is 33.5 Å². The molecule has 5 rings (SSSR count). The number of amides is 4. The predicted molar refractivity (Wildman–Crippen MR) is 216 cm³/mol. The molecule has 4 aromatic carbocycles. The number of benzene rings is 4. The number of nitrogens with one attached hydrogen (secondary N) is 4. The highest BCUT2D eigenvalue weighted by Gasteiger charge is 2.27. The number of anilines is 4. The summed E-state index contributed by atoms with van der Waals surface area (Å²) in [4.78, 5) is 68.9. The van der Waals surface area contributed by atoms with Crippen molar-refractivity contribution in [1.82, 2.24) is 5.32 Å². The Bertz CT molecular complexity index is 2170. The highest BCUT2D eigenvalue weighted by molar-refractivity contribution is 8.00. The molecule has 0 aliphatic carbocycles. The number of hydrogen-bond donors (Lipinski definition) is 4. The normalized spacial score (nSPS) is 10.9. The summed E-state index contributed by atoms with van der Waals surface area (Å²) in [6.07, 6.45) is 1.60. The van der Waals surface area contributed by atoms with Crippen molar-refractivity contribution in [3.8, 4) is 0 Å². The minimum absolute atomic E-state index is 0.0383. The van der Waals surface area contributed by atoms with Crippen LogP contribution in [0.3, 0.4) is 0 Å². The first kappa shape index (κ1) is 39.0. The minimum Gasteiger partial charge on any atom is -0.462 e. The maximum atomic E-state index is 13.6. The van der Waals surface area contributed by atoms with E-state index in [2.05, 4.69) is 21.3 Å². The van der Waals surface area contributed by atoms with Gasteiger partial charge >= 0.3 is 5.97 Å². The zero-order valence-corrected chi connectivity index (χ0v) is 31.7. The Labute approximate surface area is 321 Å². The number of nitrogens with zero attached hydrogens (tertiary/aromatic N) is 1. The van der Waals surface area contributed by atoms with E-state index < -0.39 is 29.6 Å². The van der Waals surface area contributed by atoms with Gasteiger partial charge in [0.2, 0.25) is 5.91 Å². The number of ether oxygens (including phenoxy) is 1. The van der Waals surface area contributed by atoms with Crippen LogP contribution in [0.1, 0.15) is 48.4 Å². The molecule has 54 heavy (non-hydrogen) atoms. The Kier molecular flexibility index (Phi) is 13.4. The molecule has 1 aromatic heterocycles. The van der Waals surface area contributed by atoms with Gasteiger partial charge < -0.3 is 30.9 Å². The second kappa shape index (κ2) is 18.5. The van der Waals surface area contributed by atoms with E-state index in [1.807, 2.05) is 49.3 Å². The van der Waals surface area contributed by atoms with E-state index >= 15 is 0 Å². The molecule has 0 aliphatic heterocycles. The van der Waals surface area contributed by atoms with E-state index in [1.54, 1.807) is 98.8 Å². The van der Waals surface area contributed by atoms with E-state index in [9.17, 15) is 24.0 Å². The van der Waals surface area contributed by atoms with Crippen LogP contribution >= 0.6 is 23.1 Å². The smallest absolute Gasteiger partial charge is 0.341 e. The van der Waals surface area contributed by atoms with Crippen LogP contribution in [0.4, 0.5) is 22.1 Å². The lowest BCUT2D eigenvalue weighted by molar-refractivity contribution is -0.114. The molecule has 0 radical (unpaired) electrons.